The maximum absolute atomic E-state index is 10.9. The molecule has 0 bridgehead atoms. The van der Waals surface area contributed by atoms with Gasteiger partial charge in [-0.15, -0.1) is 0 Å². The average molecular weight is 162 g/mol. The molecular formula is C10H10O2. The van der Waals surface area contributed by atoms with Gasteiger partial charge in [-0.05, 0) is 24.5 Å². The van der Waals surface area contributed by atoms with Crippen molar-refractivity contribution in [3.05, 3.63) is 35.4 Å². The molecule has 1 aliphatic carbocycles. The van der Waals surface area contributed by atoms with E-state index in [-0.39, 0.29) is 0 Å². The first kappa shape index (κ1) is 7.35. The van der Waals surface area contributed by atoms with Crippen LogP contribution in [0.5, 0.6) is 0 Å². The first-order valence-corrected chi connectivity index (χ1v) is 3.96. The van der Waals surface area contributed by atoms with Crippen LogP contribution in [-0.4, -0.2) is 11.1 Å². The number of carboxylic acids is 1. The monoisotopic (exact) mass is 162 g/mol. The van der Waals surface area contributed by atoms with Crippen molar-refractivity contribution >= 4 is 5.97 Å². The number of rotatable bonds is 1. The molecule has 0 saturated heterocycles. The minimum atomic E-state index is -0.721. The Labute approximate surface area is 70.8 Å². The molecule has 0 amide bonds. The summed E-state index contributed by atoms with van der Waals surface area (Å²) in [6, 6.07) is 7.71. The second-order valence-corrected chi connectivity index (χ2v) is 3.47. The smallest absolute Gasteiger partial charge is 0.314 e. The Morgan fingerprint density at radius 3 is 2.75 bits per heavy atom. The summed E-state index contributed by atoms with van der Waals surface area (Å²) in [6.07, 6.45) is 0.665. The van der Waals surface area contributed by atoms with Gasteiger partial charge in [-0.2, -0.15) is 0 Å². The molecule has 1 atom stereocenters. The molecule has 1 N–H and O–H groups in total. The van der Waals surface area contributed by atoms with Crippen LogP contribution in [0.3, 0.4) is 0 Å². The van der Waals surface area contributed by atoms with Gasteiger partial charge < -0.3 is 5.11 Å². The minimum absolute atomic E-state index is 0.628. The molecule has 2 rings (SSSR count). The van der Waals surface area contributed by atoms with E-state index in [4.69, 9.17) is 5.11 Å². The molecule has 62 valence electrons. The molecule has 0 aromatic heterocycles. The zero-order chi connectivity index (χ0) is 8.77. The second-order valence-electron chi connectivity index (χ2n) is 3.47. The molecule has 0 spiro atoms. The van der Waals surface area contributed by atoms with Gasteiger partial charge in [0.15, 0.2) is 0 Å². The summed E-state index contributed by atoms with van der Waals surface area (Å²) in [5.41, 5.74) is 1.51. The van der Waals surface area contributed by atoms with Crippen LogP contribution in [0.1, 0.15) is 18.1 Å². The molecule has 0 heterocycles. The molecule has 0 aliphatic heterocycles. The van der Waals surface area contributed by atoms with E-state index in [9.17, 15) is 4.79 Å². The normalized spacial score (nSPS) is 25.8. The van der Waals surface area contributed by atoms with Crippen molar-refractivity contribution in [2.45, 2.75) is 18.8 Å². The SMILES string of the molecule is CC1(C(=O)O)Cc2ccccc21. The van der Waals surface area contributed by atoms with Crippen LogP contribution in [0.2, 0.25) is 0 Å². The molecular weight excluding hydrogens is 152 g/mol. The van der Waals surface area contributed by atoms with Gasteiger partial charge in [0, 0.05) is 0 Å². The van der Waals surface area contributed by atoms with Crippen molar-refractivity contribution in [3.8, 4) is 0 Å². The summed E-state index contributed by atoms with van der Waals surface area (Å²) >= 11 is 0. The van der Waals surface area contributed by atoms with E-state index in [1.54, 1.807) is 6.92 Å². The Morgan fingerprint density at radius 1 is 1.50 bits per heavy atom. The van der Waals surface area contributed by atoms with Crippen LogP contribution in [-0.2, 0) is 16.6 Å². The van der Waals surface area contributed by atoms with Gasteiger partial charge in [-0.3, -0.25) is 4.79 Å². The minimum Gasteiger partial charge on any atom is -0.481 e. The molecule has 1 aliphatic rings. The summed E-state index contributed by atoms with van der Waals surface area (Å²) in [7, 11) is 0. The molecule has 1 unspecified atom stereocenters. The fraction of sp³-hybridized carbons (Fsp3) is 0.300. The molecule has 12 heavy (non-hydrogen) atoms. The summed E-state index contributed by atoms with van der Waals surface area (Å²) < 4.78 is 0. The molecule has 1 aromatic carbocycles. The lowest BCUT2D eigenvalue weighted by Gasteiger charge is -2.37. The fourth-order valence-corrected chi connectivity index (χ4v) is 1.77. The highest BCUT2D eigenvalue weighted by Crippen LogP contribution is 2.40. The predicted molar refractivity (Wildman–Crippen MR) is 45.1 cm³/mol. The van der Waals surface area contributed by atoms with E-state index in [0.29, 0.717) is 6.42 Å². The average Bonchev–Trinajstić information content (AvgIpc) is 2.02. The van der Waals surface area contributed by atoms with E-state index in [2.05, 4.69) is 0 Å². The van der Waals surface area contributed by atoms with Gasteiger partial charge in [-0.25, -0.2) is 0 Å². The third-order valence-corrected chi connectivity index (χ3v) is 2.63. The predicted octanol–water partition coefficient (Wildman–Crippen LogP) is 1.58. The first-order chi connectivity index (χ1) is 5.64. The van der Waals surface area contributed by atoms with E-state index in [1.165, 1.54) is 5.56 Å². The number of carbonyl (C=O) groups is 1. The molecule has 2 heteroatoms. The Bertz CT molecular complexity index is 343. The molecule has 0 fully saturated rings. The van der Waals surface area contributed by atoms with Crippen molar-refractivity contribution in [2.24, 2.45) is 0 Å². The molecule has 0 radical (unpaired) electrons. The quantitative estimate of drug-likeness (QED) is 0.680. The van der Waals surface area contributed by atoms with Crippen molar-refractivity contribution in [2.75, 3.05) is 0 Å². The molecule has 2 nitrogen and oxygen atoms in total. The summed E-state index contributed by atoms with van der Waals surface area (Å²) in [6.45, 7) is 1.78. The van der Waals surface area contributed by atoms with Gasteiger partial charge in [0.1, 0.15) is 0 Å². The van der Waals surface area contributed by atoms with E-state index >= 15 is 0 Å². The van der Waals surface area contributed by atoms with Crippen LogP contribution in [0, 0.1) is 0 Å². The first-order valence-electron chi connectivity index (χ1n) is 3.96. The number of fused-ring (bicyclic) bond motifs is 1. The van der Waals surface area contributed by atoms with Crippen LogP contribution in [0.15, 0.2) is 24.3 Å². The number of hydrogen-bond acceptors (Lipinski definition) is 1. The highest BCUT2D eigenvalue weighted by molar-refractivity contribution is 5.85. The third kappa shape index (κ3) is 0.721. The largest absolute Gasteiger partial charge is 0.481 e. The Kier molecular flexibility index (Phi) is 1.28. The van der Waals surface area contributed by atoms with Crippen molar-refractivity contribution in [1.29, 1.82) is 0 Å². The Morgan fingerprint density at radius 2 is 2.17 bits per heavy atom. The van der Waals surface area contributed by atoms with Gasteiger partial charge in [0.05, 0.1) is 5.41 Å². The number of benzene rings is 1. The second kappa shape index (κ2) is 2.09. The van der Waals surface area contributed by atoms with Gasteiger partial charge >= 0.3 is 5.97 Å². The van der Waals surface area contributed by atoms with Crippen LogP contribution in [0.4, 0.5) is 0 Å². The highest BCUT2D eigenvalue weighted by atomic mass is 16.4. The van der Waals surface area contributed by atoms with Gasteiger partial charge in [0.2, 0.25) is 0 Å². The summed E-state index contributed by atoms with van der Waals surface area (Å²) in [5, 5.41) is 8.94. The van der Waals surface area contributed by atoms with Crippen LogP contribution < -0.4 is 0 Å². The maximum atomic E-state index is 10.9. The standard InChI is InChI=1S/C10H10O2/c1-10(9(11)12)6-7-4-2-3-5-8(7)10/h2-5H,6H2,1H3,(H,11,12). The molecule has 1 aromatic rings. The Balaban J connectivity index is 2.48. The maximum Gasteiger partial charge on any atom is 0.314 e. The summed E-state index contributed by atoms with van der Waals surface area (Å²) in [4.78, 5) is 10.9. The van der Waals surface area contributed by atoms with E-state index in [1.807, 2.05) is 24.3 Å². The van der Waals surface area contributed by atoms with Gasteiger partial charge in [-0.1, -0.05) is 24.3 Å². The fourth-order valence-electron chi connectivity index (χ4n) is 1.77. The number of hydrogen-bond donors (Lipinski definition) is 1. The van der Waals surface area contributed by atoms with E-state index in [0.717, 1.165) is 5.56 Å². The third-order valence-electron chi connectivity index (χ3n) is 2.63. The summed E-state index contributed by atoms with van der Waals surface area (Å²) in [5.74, 6) is -0.721. The number of carboxylic acid groups (broad SMARTS) is 1. The lowest BCUT2D eigenvalue weighted by Crippen LogP contribution is -2.43. The topological polar surface area (TPSA) is 37.3 Å². The highest BCUT2D eigenvalue weighted by Gasteiger charge is 2.44. The zero-order valence-electron chi connectivity index (χ0n) is 6.87. The van der Waals surface area contributed by atoms with Gasteiger partial charge in [0.25, 0.3) is 0 Å². The van der Waals surface area contributed by atoms with Crippen LogP contribution >= 0.6 is 0 Å². The van der Waals surface area contributed by atoms with E-state index < -0.39 is 11.4 Å². The van der Waals surface area contributed by atoms with Crippen molar-refractivity contribution in [1.82, 2.24) is 0 Å². The lowest BCUT2D eigenvalue weighted by atomic mass is 9.65. The van der Waals surface area contributed by atoms with Crippen molar-refractivity contribution in [3.63, 3.8) is 0 Å². The number of aliphatic carboxylic acids is 1. The zero-order valence-corrected chi connectivity index (χ0v) is 6.87. The lowest BCUT2D eigenvalue weighted by molar-refractivity contribution is -0.144. The molecule has 0 saturated carbocycles. The Hall–Kier alpha value is -1.31. The van der Waals surface area contributed by atoms with Crippen molar-refractivity contribution < 1.29 is 9.90 Å². The van der Waals surface area contributed by atoms with Crippen LogP contribution in [0.25, 0.3) is 0 Å².